The predicted octanol–water partition coefficient (Wildman–Crippen LogP) is 2.89. The first kappa shape index (κ1) is 31.3. The Labute approximate surface area is 258 Å². The molecule has 0 unspecified atom stereocenters. The van der Waals surface area contributed by atoms with Crippen molar-refractivity contribution >= 4 is 38.4 Å². The Bertz CT molecular complexity index is 1910. The van der Waals surface area contributed by atoms with Crippen molar-refractivity contribution in [2.45, 2.75) is 48.8 Å². The zero-order chi connectivity index (χ0) is 31.3. The van der Waals surface area contributed by atoms with Gasteiger partial charge < -0.3 is 14.8 Å². The summed E-state index contributed by atoms with van der Waals surface area (Å²) in [6.45, 7) is 0.522. The molecule has 12 nitrogen and oxygen atoms in total. The second kappa shape index (κ2) is 13.6. The lowest BCUT2D eigenvalue weighted by atomic mass is 10.1. The molecule has 0 bridgehead atoms. The van der Waals surface area contributed by atoms with Crippen LogP contribution in [0.1, 0.15) is 25.7 Å². The van der Waals surface area contributed by atoms with Gasteiger partial charge in [0, 0.05) is 43.3 Å². The number of sulfone groups is 1. The summed E-state index contributed by atoms with van der Waals surface area (Å²) >= 11 is 1.52. The van der Waals surface area contributed by atoms with Crippen LogP contribution in [0.4, 0.5) is 0 Å². The number of carbonyl (C=O) groups excluding carboxylic acids is 1. The third-order valence-corrected chi connectivity index (χ3v) is 10.2. The zero-order valence-electron chi connectivity index (χ0n) is 24.4. The summed E-state index contributed by atoms with van der Waals surface area (Å²) in [5.41, 5.74) is -0.103. The van der Waals surface area contributed by atoms with Crippen LogP contribution in [-0.4, -0.2) is 65.7 Å². The highest BCUT2D eigenvalue weighted by atomic mass is 32.2. The molecule has 0 radical (unpaired) electrons. The van der Waals surface area contributed by atoms with E-state index < -0.39 is 21.1 Å². The third-order valence-electron chi connectivity index (χ3n) is 7.30. The van der Waals surface area contributed by atoms with E-state index in [1.807, 2.05) is 6.07 Å². The number of methoxy groups -OCH3 is 2. The molecule has 3 heterocycles. The van der Waals surface area contributed by atoms with Crippen molar-refractivity contribution in [1.29, 1.82) is 0 Å². The van der Waals surface area contributed by atoms with Gasteiger partial charge in [0.05, 0.1) is 31.1 Å². The summed E-state index contributed by atoms with van der Waals surface area (Å²) in [5.74, 6) is 1.56. The SMILES string of the molecule is COc1cc2ncnc(SCCCC(=O)NCCCn3c(=O)c(-c4ccccc4)c4n(c3=O)CCCS4(=O)=O)c2cc1OC. The van der Waals surface area contributed by atoms with Crippen molar-refractivity contribution < 1.29 is 22.7 Å². The van der Waals surface area contributed by atoms with Crippen LogP contribution in [0.2, 0.25) is 0 Å². The molecule has 0 saturated carbocycles. The molecule has 1 amide bonds. The quantitative estimate of drug-likeness (QED) is 0.139. The number of ether oxygens (including phenoxy) is 2. The minimum atomic E-state index is -3.79. The lowest BCUT2D eigenvalue weighted by Crippen LogP contribution is -2.45. The number of hydrogen-bond acceptors (Lipinski definition) is 10. The molecule has 0 saturated heterocycles. The van der Waals surface area contributed by atoms with Gasteiger partial charge in [0.15, 0.2) is 26.4 Å². The van der Waals surface area contributed by atoms with Crippen LogP contribution in [0.5, 0.6) is 11.5 Å². The molecule has 0 atom stereocenters. The first-order valence-corrected chi connectivity index (χ1v) is 16.8. The van der Waals surface area contributed by atoms with E-state index in [1.165, 1.54) is 22.7 Å². The molecule has 44 heavy (non-hydrogen) atoms. The molecule has 0 spiro atoms. The minimum absolute atomic E-state index is 0.0143. The van der Waals surface area contributed by atoms with E-state index in [4.69, 9.17) is 9.47 Å². The Morgan fingerprint density at radius 1 is 1.05 bits per heavy atom. The lowest BCUT2D eigenvalue weighted by Gasteiger charge is -2.23. The van der Waals surface area contributed by atoms with Gasteiger partial charge in [0.1, 0.15) is 11.4 Å². The standard InChI is InChI=1S/C30H33N5O7S2/c1-41-23-17-21-22(18-24(23)42-2)32-19-33-27(21)43-15-6-11-25(36)31-12-7-13-34-28(37)26(20-9-4-3-5-10-20)29-35(30(34)38)14-8-16-44(29,39)40/h3-5,9-10,17-19H,6-8,11-16H2,1-2H3,(H,31,36). The summed E-state index contributed by atoms with van der Waals surface area (Å²) in [6, 6.07) is 12.2. The first-order valence-electron chi connectivity index (χ1n) is 14.2. The van der Waals surface area contributed by atoms with E-state index in [1.54, 1.807) is 50.6 Å². The summed E-state index contributed by atoms with van der Waals surface area (Å²) in [7, 11) is -0.660. The van der Waals surface area contributed by atoms with E-state index in [2.05, 4.69) is 15.3 Å². The molecule has 5 rings (SSSR count). The van der Waals surface area contributed by atoms with E-state index >= 15 is 0 Å². The van der Waals surface area contributed by atoms with Gasteiger partial charge in [-0.25, -0.2) is 23.2 Å². The normalized spacial score (nSPS) is 13.8. The number of fused-ring (bicyclic) bond motifs is 2. The van der Waals surface area contributed by atoms with E-state index in [0.717, 1.165) is 20.5 Å². The third kappa shape index (κ3) is 6.50. The fraction of sp³-hybridized carbons (Fsp3) is 0.367. The number of carbonyl (C=O) groups is 1. The van der Waals surface area contributed by atoms with Gasteiger partial charge >= 0.3 is 5.69 Å². The topological polar surface area (TPSA) is 151 Å². The summed E-state index contributed by atoms with van der Waals surface area (Å²) in [6.07, 6.45) is 3.02. The summed E-state index contributed by atoms with van der Waals surface area (Å²) < 4.78 is 38.9. The van der Waals surface area contributed by atoms with Crippen molar-refractivity contribution in [3.05, 3.63) is 69.6 Å². The Morgan fingerprint density at radius 3 is 2.55 bits per heavy atom. The number of nitrogens with zero attached hydrogens (tertiary/aromatic N) is 4. The van der Waals surface area contributed by atoms with Crippen molar-refractivity contribution in [2.24, 2.45) is 0 Å². The second-order valence-electron chi connectivity index (χ2n) is 10.2. The molecule has 2 aromatic heterocycles. The number of rotatable bonds is 12. The summed E-state index contributed by atoms with van der Waals surface area (Å²) in [5, 5.41) is 4.25. The highest BCUT2D eigenvalue weighted by molar-refractivity contribution is 7.99. The predicted molar refractivity (Wildman–Crippen MR) is 167 cm³/mol. The monoisotopic (exact) mass is 639 g/mol. The Balaban J connectivity index is 1.18. The highest BCUT2D eigenvalue weighted by Crippen LogP contribution is 2.35. The van der Waals surface area contributed by atoms with Gasteiger partial charge in [-0.1, -0.05) is 30.3 Å². The minimum Gasteiger partial charge on any atom is -0.493 e. The van der Waals surface area contributed by atoms with Crippen LogP contribution < -0.4 is 26.0 Å². The molecular weight excluding hydrogens is 606 g/mol. The Kier molecular flexibility index (Phi) is 9.69. The van der Waals surface area contributed by atoms with Crippen LogP contribution in [-0.2, 0) is 27.7 Å². The van der Waals surface area contributed by atoms with Crippen molar-refractivity contribution in [2.75, 3.05) is 32.3 Å². The average Bonchev–Trinajstić information content (AvgIpc) is 3.02. The van der Waals surface area contributed by atoms with Crippen LogP contribution in [0.3, 0.4) is 0 Å². The number of hydrogen-bond donors (Lipinski definition) is 1. The number of thioether (sulfide) groups is 1. The first-order chi connectivity index (χ1) is 21.2. The number of nitrogens with one attached hydrogen (secondary N) is 1. The fourth-order valence-electron chi connectivity index (χ4n) is 5.19. The van der Waals surface area contributed by atoms with Gasteiger partial charge in [-0.15, -0.1) is 11.8 Å². The summed E-state index contributed by atoms with van der Waals surface area (Å²) in [4.78, 5) is 47.9. The number of amides is 1. The van der Waals surface area contributed by atoms with Gasteiger partial charge in [0.2, 0.25) is 5.91 Å². The van der Waals surface area contributed by atoms with Crippen LogP contribution in [0.25, 0.3) is 22.0 Å². The molecule has 0 aliphatic carbocycles. The maximum atomic E-state index is 13.5. The van der Waals surface area contributed by atoms with Gasteiger partial charge in [-0.05, 0) is 30.9 Å². The lowest BCUT2D eigenvalue weighted by molar-refractivity contribution is -0.121. The smallest absolute Gasteiger partial charge is 0.332 e. The van der Waals surface area contributed by atoms with Crippen LogP contribution in [0, 0.1) is 0 Å². The molecule has 4 aromatic rings. The average molecular weight is 640 g/mol. The Hall–Kier alpha value is -4.17. The van der Waals surface area contributed by atoms with E-state index in [-0.39, 0.29) is 41.9 Å². The molecule has 1 aliphatic heterocycles. The van der Waals surface area contributed by atoms with Crippen LogP contribution in [0.15, 0.2) is 68.4 Å². The van der Waals surface area contributed by atoms with Crippen molar-refractivity contribution in [3.63, 3.8) is 0 Å². The molecule has 0 fully saturated rings. The van der Waals surface area contributed by atoms with Crippen molar-refractivity contribution in [1.82, 2.24) is 24.4 Å². The largest absolute Gasteiger partial charge is 0.493 e. The number of benzene rings is 2. The molecular formula is C30H33N5O7S2. The van der Waals surface area contributed by atoms with E-state index in [0.29, 0.717) is 48.5 Å². The maximum absolute atomic E-state index is 13.5. The number of aromatic nitrogens is 4. The highest BCUT2D eigenvalue weighted by Gasteiger charge is 2.32. The molecule has 1 aliphatic rings. The van der Waals surface area contributed by atoms with Crippen molar-refractivity contribution in [3.8, 4) is 22.6 Å². The zero-order valence-corrected chi connectivity index (χ0v) is 26.1. The van der Waals surface area contributed by atoms with Crippen LogP contribution >= 0.6 is 11.8 Å². The maximum Gasteiger partial charge on any atom is 0.332 e. The van der Waals surface area contributed by atoms with Gasteiger partial charge in [-0.2, -0.15) is 0 Å². The van der Waals surface area contributed by atoms with Gasteiger partial charge in [0.25, 0.3) is 5.56 Å². The molecule has 1 N–H and O–H groups in total. The molecule has 14 heteroatoms. The van der Waals surface area contributed by atoms with Gasteiger partial charge in [-0.3, -0.25) is 18.7 Å². The molecule has 232 valence electrons. The fourth-order valence-corrected chi connectivity index (χ4v) is 7.84. The van der Waals surface area contributed by atoms with E-state index in [9.17, 15) is 22.8 Å². The second-order valence-corrected chi connectivity index (χ2v) is 13.3. The Morgan fingerprint density at radius 2 is 1.80 bits per heavy atom. The molecule has 2 aromatic carbocycles.